The van der Waals surface area contributed by atoms with Crippen LogP contribution in [0.1, 0.15) is 15.9 Å². The van der Waals surface area contributed by atoms with Gasteiger partial charge in [-0.3, -0.25) is 9.10 Å². The number of ether oxygens (including phenoxy) is 1. The third-order valence-corrected chi connectivity index (χ3v) is 6.11. The molecule has 1 heterocycles. The standard InChI is InChI=1S/C20H15NO4S/c1-21-18-10-6-5-9-16(18)20(22)17-12-11-15(13-19(17)26(21,23)24)25-14-7-3-2-4-8-14/h2-13H,1H3. The Labute approximate surface area is 151 Å². The average molecular weight is 365 g/mol. The van der Waals surface area contributed by atoms with Crippen LogP contribution in [0.4, 0.5) is 5.69 Å². The number of rotatable bonds is 2. The van der Waals surface area contributed by atoms with Gasteiger partial charge in [0.1, 0.15) is 16.4 Å². The van der Waals surface area contributed by atoms with E-state index >= 15 is 0 Å². The summed E-state index contributed by atoms with van der Waals surface area (Å²) in [5.41, 5.74) is 0.857. The number of ketones is 1. The monoisotopic (exact) mass is 365 g/mol. The fourth-order valence-corrected chi connectivity index (χ4v) is 4.37. The van der Waals surface area contributed by atoms with Crippen molar-refractivity contribution in [1.29, 1.82) is 0 Å². The maximum Gasteiger partial charge on any atom is 0.264 e. The van der Waals surface area contributed by atoms with E-state index in [1.807, 2.05) is 18.2 Å². The summed E-state index contributed by atoms with van der Waals surface area (Å²) >= 11 is 0. The largest absolute Gasteiger partial charge is 0.457 e. The molecule has 4 rings (SSSR count). The van der Waals surface area contributed by atoms with E-state index in [2.05, 4.69) is 0 Å². The van der Waals surface area contributed by atoms with E-state index in [9.17, 15) is 13.2 Å². The number of fused-ring (bicyclic) bond motifs is 2. The van der Waals surface area contributed by atoms with Gasteiger partial charge in [-0.15, -0.1) is 0 Å². The van der Waals surface area contributed by atoms with Gasteiger partial charge in [-0.2, -0.15) is 0 Å². The van der Waals surface area contributed by atoms with E-state index < -0.39 is 10.0 Å². The molecule has 3 aromatic rings. The van der Waals surface area contributed by atoms with E-state index in [0.717, 1.165) is 4.31 Å². The SMILES string of the molecule is CN1c2ccccc2C(=O)c2ccc(Oc3ccccc3)cc2S1(=O)=O. The van der Waals surface area contributed by atoms with Crippen molar-refractivity contribution in [3.8, 4) is 11.5 Å². The number of nitrogens with zero attached hydrogens (tertiary/aromatic N) is 1. The number of carbonyl (C=O) groups is 1. The second kappa shape index (κ2) is 6.00. The number of carbonyl (C=O) groups excluding carboxylic acids is 1. The predicted octanol–water partition coefficient (Wildman–Crippen LogP) is 3.85. The van der Waals surface area contributed by atoms with E-state index in [4.69, 9.17) is 4.74 Å². The van der Waals surface area contributed by atoms with Crippen LogP contribution >= 0.6 is 0 Å². The Kier molecular flexibility index (Phi) is 3.77. The van der Waals surface area contributed by atoms with Crippen molar-refractivity contribution < 1.29 is 17.9 Å². The van der Waals surface area contributed by atoms with Crippen LogP contribution in [-0.2, 0) is 10.0 Å². The van der Waals surface area contributed by atoms with Crippen molar-refractivity contribution >= 4 is 21.5 Å². The minimum absolute atomic E-state index is 0.0605. The molecule has 130 valence electrons. The highest BCUT2D eigenvalue weighted by molar-refractivity contribution is 7.93. The number of anilines is 1. The Morgan fingerprint density at radius 2 is 1.50 bits per heavy atom. The molecular weight excluding hydrogens is 350 g/mol. The van der Waals surface area contributed by atoms with Gasteiger partial charge in [-0.05, 0) is 36.4 Å². The smallest absolute Gasteiger partial charge is 0.264 e. The van der Waals surface area contributed by atoms with Gasteiger partial charge in [0.25, 0.3) is 10.0 Å². The van der Waals surface area contributed by atoms with Gasteiger partial charge in [0.05, 0.1) is 5.69 Å². The van der Waals surface area contributed by atoms with Crippen molar-refractivity contribution in [2.45, 2.75) is 4.90 Å². The van der Waals surface area contributed by atoms with Gasteiger partial charge < -0.3 is 4.74 Å². The molecule has 0 unspecified atom stereocenters. The maximum atomic E-state index is 13.1. The molecule has 0 bridgehead atoms. The Morgan fingerprint density at radius 1 is 0.808 bits per heavy atom. The highest BCUT2D eigenvalue weighted by atomic mass is 32.2. The predicted molar refractivity (Wildman–Crippen MR) is 98.4 cm³/mol. The van der Waals surface area contributed by atoms with Gasteiger partial charge in [0.2, 0.25) is 0 Å². The highest BCUT2D eigenvalue weighted by Crippen LogP contribution is 2.36. The Balaban J connectivity index is 1.88. The zero-order valence-electron chi connectivity index (χ0n) is 13.9. The van der Waals surface area contributed by atoms with Crippen molar-refractivity contribution in [1.82, 2.24) is 0 Å². The second-order valence-electron chi connectivity index (χ2n) is 5.89. The molecule has 0 atom stereocenters. The molecule has 6 heteroatoms. The first-order valence-electron chi connectivity index (χ1n) is 7.98. The van der Waals surface area contributed by atoms with Gasteiger partial charge in [0.15, 0.2) is 5.78 Å². The second-order valence-corrected chi connectivity index (χ2v) is 7.83. The van der Waals surface area contributed by atoms with Gasteiger partial charge >= 0.3 is 0 Å². The minimum atomic E-state index is -3.89. The van der Waals surface area contributed by atoms with Crippen molar-refractivity contribution in [3.63, 3.8) is 0 Å². The summed E-state index contributed by atoms with van der Waals surface area (Å²) in [6.45, 7) is 0. The zero-order valence-corrected chi connectivity index (χ0v) is 14.7. The first kappa shape index (κ1) is 16.4. The average Bonchev–Trinajstić information content (AvgIpc) is 2.72. The number of para-hydroxylation sites is 2. The molecule has 0 saturated carbocycles. The first-order chi connectivity index (χ1) is 12.5. The molecule has 0 radical (unpaired) electrons. The molecule has 1 aliphatic rings. The molecular formula is C20H15NO4S. The molecule has 0 spiro atoms. The molecule has 26 heavy (non-hydrogen) atoms. The van der Waals surface area contributed by atoms with Crippen LogP contribution in [0, 0.1) is 0 Å². The Bertz CT molecular complexity index is 1110. The molecule has 5 nitrogen and oxygen atoms in total. The van der Waals surface area contributed by atoms with Crippen LogP contribution < -0.4 is 9.04 Å². The van der Waals surface area contributed by atoms with Crippen LogP contribution in [0.25, 0.3) is 0 Å². The highest BCUT2D eigenvalue weighted by Gasteiger charge is 2.34. The first-order valence-corrected chi connectivity index (χ1v) is 9.42. The Hall–Kier alpha value is -3.12. The van der Waals surface area contributed by atoms with Gasteiger partial charge in [-0.25, -0.2) is 8.42 Å². The molecule has 0 aromatic heterocycles. The van der Waals surface area contributed by atoms with Crippen molar-refractivity contribution in [2.24, 2.45) is 0 Å². The Morgan fingerprint density at radius 3 is 2.27 bits per heavy atom. The minimum Gasteiger partial charge on any atom is -0.457 e. The zero-order chi connectivity index (χ0) is 18.3. The summed E-state index contributed by atoms with van der Waals surface area (Å²) in [4.78, 5) is 12.8. The number of hydrogen-bond donors (Lipinski definition) is 0. The number of sulfonamides is 1. The summed E-state index contributed by atoms with van der Waals surface area (Å²) in [6, 6.07) is 20.2. The molecule has 0 aliphatic carbocycles. The molecule has 0 fully saturated rings. The molecule has 0 saturated heterocycles. The lowest BCUT2D eigenvalue weighted by Crippen LogP contribution is -2.26. The van der Waals surface area contributed by atoms with Crippen LogP contribution in [0.3, 0.4) is 0 Å². The molecule has 0 N–H and O–H groups in total. The summed E-state index contributed by atoms with van der Waals surface area (Å²) in [5, 5.41) is 0. The van der Waals surface area contributed by atoms with Gasteiger partial charge in [-0.1, -0.05) is 30.3 Å². The normalized spacial score (nSPS) is 15.0. The topological polar surface area (TPSA) is 63.7 Å². The van der Waals surface area contributed by atoms with Crippen LogP contribution in [0.2, 0.25) is 0 Å². The third-order valence-electron chi connectivity index (χ3n) is 4.30. The van der Waals surface area contributed by atoms with Crippen molar-refractivity contribution in [2.75, 3.05) is 11.4 Å². The molecule has 0 amide bonds. The van der Waals surface area contributed by atoms with Gasteiger partial charge in [0, 0.05) is 24.2 Å². The fraction of sp³-hybridized carbons (Fsp3) is 0.0500. The summed E-state index contributed by atoms with van der Waals surface area (Å²) in [7, 11) is -2.44. The summed E-state index contributed by atoms with van der Waals surface area (Å²) in [5.74, 6) is 0.613. The van der Waals surface area contributed by atoms with Crippen LogP contribution in [0.5, 0.6) is 11.5 Å². The summed E-state index contributed by atoms with van der Waals surface area (Å²) in [6.07, 6.45) is 0. The number of hydrogen-bond acceptors (Lipinski definition) is 4. The lowest BCUT2D eigenvalue weighted by molar-refractivity contribution is 0.103. The van der Waals surface area contributed by atoms with E-state index in [1.165, 1.54) is 19.2 Å². The molecule has 1 aliphatic heterocycles. The van der Waals surface area contributed by atoms with Crippen molar-refractivity contribution in [3.05, 3.63) is 83.9 Å². The quantitative estimate of drug-likeness (QED) is 0.692. The third kappa shape index (κ3) is 2.55. The fourth-order valence-electron chi connectivity index (χ4n) is 2.95. The molecule has 3 aromatic carbocycles. The maximum absolute atomic E-state index is 13.1. The van der Waals surface area contributed by atoms with Crippen LogP contribution in [0.15, 0.2) is 77.7 Å². The van der Waals surface area contributed by atoms with Crippen LogP contribution in [-0.4, -0.2) is 21.2 Å². The summed E-state index contributed by atoms with van der Waals surface area (Å²) < 4.78 is 33.0. The lowest BCUT2D eigenvalue weighted by Gasteiger charge is -2.19. The number of benzene rings is 3. The van der Waals surface area contributed by atoms with E-state index in [1.54, 1.807) is 42.5 Å². The van der Waals surface area contributed by atoms with E-state index in [-0.39, 0.29) is 16.2 Å². The lowest BCUT2D eigenvalue weighted by atomic mass is 10.0. The van der Waals surface area contributed by atoms with E-state index in [0.29, 0.717) is 22.7 Å².